The van der Waals surface area contributed by atoms with Crippen LogP contribution in [0.3, 0.4) is 0 Å². The number of nitrogens with zero attached hydrogens (tertiary/aromatic N) is 1. The molecule has 1 aromatic heterocycles. The summed E-state index contributed by atoms with van der Waals surface area (Å²) in [6.45, 7) is 0. The van der Waals surface area contributed by atoms with Gasteiger partial charge in [-0.15, -0.1) is 0 Å². The first-order valence-electron chi connectivity index (χ1n) is 13.8. The maximum absolute atomic E-state index is 9.41. The molecule has 0 atom stereocenters. The maximum Gasteiger partial charge on any atom is 0.135 e. The van der Waals surface area contributed by atoms with Gasteiger partial charge in [-0.3, -0.25) is 0 Å². The molecule has 0 unspecified atom stereocenters. The number of hydrogen-bond donors (Lipinski definition) is 0. The van der Waals surface area contributed by atoms with E-state index in [4.69, 9.17) is 4.42 Å². The lowest BCUT2D eigenvalue weighted by Crippen LogP contribution is -1.88. The molecule has 0 saturated carbocycles. The first-order chi connectivity index (χ1) is 20.2. The fraction of sp³-hybridized carbons (Fsp3) is 0. The quantitative estimate of drug-likeness (QED) is 0.213. The lowest BCUT2D eigenvalue weighted by molar-refractivity contribution is 0.669. The molecule has 0 radical (unpaired) electrons. The van der Waals surface area contributed by atoms with Crippen LogP contribution in [-0.2, 0) is 0 Å². The molecule has 0 fully saturated rings. The van der Waals surface area contributed by atoms with E-state index in [2.05, 4.69) is 109 Å². The molecule has 0 amide bonds. The van der Waals surface area contributed by atoms with Crippen LogP contribution in [-0.4, -0.2) is 0 Å². The van der Waals surface area contributed by atoms with Crippen LogP contribution in [0, 0.1) is 11.3 Å². The summed E-state index contributed by atoms with van der Waals surface area (Å²) in [5.41, 5.74) is 7.07. The Kier molecular flexibility index (Phi) is 4.43. The fourth-order valence-electron chi connectivity index (χ4n) is 6.66. The maximum atomic E-state index is 9.41. The van der Waals surface area contributed by atoms with E-state index in [0.717, 1.165) is 27.5 Å². The fourth-order valence-corrected chi connectivity index (χ4v) is 6.66. The lowest BCUT2D eigenvalue weighted by Gasteiger charge is -2.15. The van der Waals surface area contributed by atoms with Crippen molar-refractivity contribution < 1.29 is 4.42 Å². The zero-order valence-corrected chi connectivity index (χ0v) is 22.0. The number of rotatable bonds is 2. The van der Waals surface area contributed by atoms with Gasteiger partial charge < -0.3 is 4.42 Å². The van der Waals surface area contributed by atoms with Crippen molar-refractivity contribution in [3.05, 3.63) is 133 Å². The first kappa shape index (κ1) is 22.2. The molecule has 1 heterocycles. The van der Waals surface area contributed by atoms with E-state index < -0.39 is 0 Å². The van der Waals surface area contributed by atoms with E-state index >= 15 is 0 Å². The van der Waals surface area contributed by atoms with Crippen molar-refractivity contribution in [3.8, 4) is 28.3 Å². The Balaban J connectivity index is 1.23. The second kappa shape index (κ2) is 8.18. The van der Waals surface area contributed by atoms with E-state index in [0.29, 0.717) is 5.56 Å². The molecule has 2 heteroatoms. The Morgan fingerprint density at radius 2 is 1.05 bits per heavy atom. The third kappa shape index (κ3) is 3.24. The first-order valence-corrected chi connectivity index (χ1v) is 13.8. The van der Waals surface area contributed by atoms with Gasteiger partial charge in [0.1, 0.15) is 11.2 Å². The molecule has 2 nitrogen and oxygen atoms in total. The van der Waals surface area contributed by atoms with Crippen LogP contribution in [0.5, 0.6) is 0 Å². The SMILES string of the molecule is N#Cc1ccc2oc3ccc(-c4cc5ccc6cc(-c7cccc8ccccc78)cc7ccc(c4)c5c67)cc3c2c1. The number of hydrogen-bond acceptors (Lipinski definition) is 2. The minimum absolute atomic E-state index is 0.636. The molecule has 0 saturated heterocycles. The molecule has 8 aromatic carbocycles. The highest BCUT2D eigenvalue weighted by molar-refractivity contribution is 6.25. The van der Waals surface area contributed by atoms with Crippen LogP contribution in [0.25, 0.3) is 87.3 Å². The van der Waals surface area contributed by atoms with Crippen LogP contribution in [0.15, 0.2) is 132 Å². The van der Waals surface area contributed by atoms with Crippen LogP contribution >= 0.6 is 0 Å². The van der Waals surface area contributed by atoms with Crippen molar-refractivity contribution in [1.82, 2.24) is 0 Å². The normalized spacial score (nSPS) is 11.9. The summed E-state index contributed by atoms with van der Waals surface area (Å²) in [5, 5.41) is 21.6. The van der Waals surface area contributed by atoms with Gasteiger partial charge in [0.2, 0.25) is 0 Å². The van der Waals surface area contributed by atoms with Crippen molar-refractivity contribution in [2.24, 2.45) is 0 Å². The zero-order chi connectivity index (χ0) is 27.1. The molecule has 0 aliphatic rings. The number of fused-ring (bicyclic) bond motifs is 4. The molecule has 0 aliphatic carbocycles. The van der Waals surface area contributed by atoms with Gasteiger partial charge in [0.25, 0.3) is 0 Å². The average Bonchev–Trinajstić information content (AvgIpc) is 3.40. The molecule has 0 spiro atoms. The number of nitriles is 1. The van der Waals surface area contributed by atoms with Crippen molar-refractivity contribution in [2.75, 3.05) is 0 Å². The van der Waals surface area contributed by atoms with Gasteiger partial charge >= 0.3 is 0 Å². The monoisotopic (exact) mass is 519 g/mol. The third-order valence-corrected chi connectivity index (χ3v) is 8.57. The predicted molar refractivity (Wildman–Crippen MR) is 171 cm³/mol. The Bertz CT molecular complexity index is 2470. The van der Waals surface area contributed by atoms with Crippen molar-refractivity contribution in [3.63, 3.8) is 0 Å². The van der Waals surface area contributed by atoms with Gasteiger partial charge in [0.05, 0.1) is 11.6 Å². The lowest BCUT2D eigenvalue weighted by atomic mass is 9.88. The molecule has 188 valence electrons. The van der Waals surface area contributed by atoms with E-state index in [1.54, 1.807) is 6.07 Å². The van der Waals surface area contributed by atoms with Gasteiger partial charge in [-0.1, -0.05) is 72.8 Å². The summed E-state index contributed by atoms with van der Waals surface area (Å²) in [7, 11) is 0. The highest BCUT2D eigenvalue weighted by Gasteiger charge is 2.14. The molecule has 0 aliphatic heterocycles. The Morgan fingerprint density at radius 1 is 0.439 bits per heavy atom. The van der Waals surface area contributed by atoms with Gasteiger partial charge in [-0.2, -0.15) is 5.26 Å². The summed E-state index contributed by atoms with van der Waals surface area (Å²) in [6.07, 6.45) is 0. The molecule has 9 aromatic rings. The third-order valence-electron chi connectivity index (χ3n) is 8.57. The topological polar surface area (TPSA) is 36.9 Å². The summed E-state index contributed by atoms with van der Waals surface area (Å²) in [4.78, 5) is 0. The summed E-state index contributed by atoms with van der Waals surface area (Å²) < 4.78 is 6.06. The molecule has 9 rings (SSSR count). The minimum Gasteiger partial charge on any atom is -0.456 e. The van der Waals surface area contributed by atoms with Crippen LogP contribution in [0.2, 0.25) is 0 Å². The van der Waals surface area contributed by atoms with E-state index in [9.17, 15) is 5.26 Å². The zero-order valence-electron chi connectivity index (χ0n) is 22.0. The molecule has 0 bridgehead atoms. The van der Waals surface area contributed by atoms with E-state index in [1.165, 1.54) is 59.8 Å². The molecule has 0 N–H and O–H groups in total. The van der Waals surface area contributed by atoms with E-state index in [1.807, 2.05) is 18.2 Å². The summed E-state index contributed by atoms with van der Waals surface area (Å²) >= 11 is 0. The average molecular weight is 520 g/mol. The van der Waals surface area contributed by atoms with Crippen LogP contribution < -0.4 is 0 Å². The Hall–Kier alpha value is -5.65. The molecular formula is C39H21NO. The van der Waals surface area contributed by atoms with Crippen LogP contribution in [0.1, 0.15) is 5.56 Å². The van der Waals surface area contributed by atoms with Gasteiger partial charge in [-0.25, -0.2) is 0 Å². The second-order valence-corrected chi connectivity index (χ2v) is 10.9. The number of furan rings is 1. The molecule has 41 heavy (non-hydrogen) atoms. The summed E-state index contributed by atoms with van der Waals surface area (Å²) in [5.74, 6) is 0. The van der Waals surface area contributed by atoms with Crippen LogP contribution in [0.4, 0.5) is 0 Å². The predicted octanol–water partition coefficient (Wildman–Crippen LogP) is 10.8. The molecular weight excluding hydrogens is 498 g/mol. The summed E-state index contributed by atoms with van der Waals surface area (Å²) in [6, 6.07) is 47.6. The second-order valence-electron chi connectivity index (χ2n) is 10.9. The van der Waals surface area contributed by atoms with Crippen molar-refractivity contribution >= 4 is 65.0 Å². The Labute approximate surface area is 235 Å². The smallest absolute Gasteiger partial charge is 0.135 e. The van der Waals surface area contributed by atoms with Gasteiger partial charge in [0, 0.05) is 10.8 Å². The van der Waals surface area contributed by atoms with Gasteiger partial charge in [0.15, 0.2) is 0 Å². The highest BCUT2D eigenvalue weighted by Crippen LogP contribution is 2.41. The van der Waals surface area contributed by atoms with Crippen molar-refractivity contribution in [1.29, 1.82) is 5.26 Å². The van der Waals surface area contributed by atoms with Crippen molar-refractivity contribution in [2.45, 2.75) is 0 Å². The van der Waals surface area contributed by atoms with E-state index in [-0.39, 0.29) is 0 Å². The largest absolute Gasteiger partial charge is 0.456 e. The highest BCUT2D eigenvalue weighted by atomic mass is 16.3. The van der Waals surface area contributed by atoms with Gasteiger partial charge in [-0.05, 0) is 120 Å². The number of benzene rings is 8. The minimum atomic E-state index is 0.636. The Morgan fingerprint density at radius 3 is 1.76 bits per heavy atom. The standard InChI is InChI=1S/C39H21NO/c40-22-23-8-14-36-34(16-23)35-21-25(13-15-37(35)41-36)30-17-26-9-11-28-19-31(20-29-12-10-27(18-30)38(26)39(28)29)33-7-3-5-24-4-1-2-6-32(24)33/h1-21H.